The number of rotatable bonds is 11. The fraction of sp³-hybridized carbons (Fsp3) is 0.296. The summed E-state index contributed by atoms with van der Waals surface area (Å²) in [5, 5.41) is 0. The summed E-state index contributed by atoms with van der Waals surface area (Å²) in [4.78, 5) is 41.9. The molecule has 0 saturated heterocycles. The van der Waals surface area contributed by atoms with Crippen LogP contribution in [-0.4, -0.2) is 51.7 Å². The predicted molar refractivity (Wildman–Crippen MR) is 135 cm³/mol. The van der Waals surface area contributed by atoms with Crippen LogP contribution in [0.5, 0.6) is 11.5 Å². The molecule has 0 bridgehead atoms. The highest BCUT2D eigenvalue weighted by molar-refractivity contribution is 6.10. The fourth-order valence-electron chi connectivity index (χ4n) is 3.73. The van der Waals surface area contributed by atoms with Gasteiger partial charge in [0.2, 0.25) is 5.91 Å². The van der Waals surface area contributed by atoms with Crippen LogP contribution in [0.2, 0.25) is 0 Å². The maximum Gasteiger partial charge on any atom is 0.305 e. The molecule has 0 aliphatic rings. The lowest BCUT2D eigenvalue weighted by Crippen LogP contribution is -2.50. The second-order valence-corrected chi connectivity index (χ2v) is 7.89. The summed E-state index contributed by atoms with van der Waals surface area (Å²) >= 11 is 0. The van der Waals surface area contributed by atoms with Gasteiger partial charge in [-0.3, -0.25) is 19.3 Å². The Labute approximate surface area is 210 Å². The van der Waals surface area contributed by atoms with E-state index in [1.165, 1.54) is 18.3 Å². The molecule has 2 aromatic carbocycles. The molecule has 3 rings (SSSR count). The molecule has 2 amide bonds. The summed E-state index contributed by atoms with van der Waals surface area (Å²) in [5.74, 6) is 0.202. The van der Waals surface area contributed by atoms with Gasteiger partial charge in [0, 0.05) is 24.3 Å². The molecule has 1 heterocycles. The summed E-state index contributed by atoms with van der Waals surface area (Å²) in [6.45, 7) is 1.90. The summed E-state index contributed by atoms with van der Waals surface area (Å²) in [5.41, 5.74) is 1.11. The Hall–Kier alpha value is -4.27. The van der Waals surface area contributed by atoms with Crippen LogP contribution in [-0.2, 0) is 14.3 Å². The minimum absolute atomic E-state index is 0.104. The molecule has 0 aliphatic carbocycles. The van der Waals surface area contributed by atoms with Crippen molar-refractivity contribution < 1.29 is 33.0 Å². The van der Waals surface area contributed by atoms with Gasteiger partial charge in [0.1, 0.15) is 17.5 Å². The van der Waals surface area contributed by atoms with Crippen molar-refractivity contribution in [3.05, 3.63) is 72.7 Å². The van der Waals surface area contributed by atoms with E-state index in [0.29, 0.717) is 29.3 Å². The number of hydrogen-bond acceptors (Lipinski definition) is 7. The number of amides is 2. The molecule has 190 valence electrons. The van der Waals surface area contributed by atoms with E-state index >= 15 is 0 Å². The molecule has 9 nitrogen and oxygen atoms in total. The van der Waals surface area contributed by atoms with E-state index in [-0.39, 0.29) is 30.6 Å². The summed E-state index contributed by atoms with van der Waals surface area (Å²) in [7, 11) is 4.43. The van der Waals surface area contributed by atoms with Crippen LogP contribution >= 0.6 is 0 Å². The molecule has 36 heavy (non-hydrogen) atoms. The van der Waals surface area contributed by atoms with Crippen molar-refractivity contribution in [3.8, 4) is 11.5 Å². The standard InChI is InChI=1S/C27H30N2O7/c1-19(29(27(32)24-7-6-18-36-24)21-11-15-23(34-3)16-12-21)26(31)28(17-5-8-25(30)35-4)20-9-13-22(33-2)14-10-20/h6-7,9-16,18-19H,5,8,17H2,1-4H3. The maximum absolute atomic E-state index is 13.9. The number of anilines is 2. The molecule has 0 N–H and O–H groups in total. The highest BCUT2D eigenvalue weighted by atomic mass is 16.5. The molecule has 0 fully saturated rings. The molecule has 1 aromatic heterocycles. The first-order valence-electron chi connectivity index (χ1n) is 11.4. The van der Waals surface area contributed by atoms with Gasteiger partial charge < -0.3 is 23.5 Å². The lowest BCUT2D eigenvalue weighted by atomic mass is 10.1. The highest BCUT2D eigenvalue weighted by Gasteiger charge is 2.33. The SMILES string of the molecule is COC(=O)CCCN(C(=O)C(C)N(C(=O)c1ccco1)c1ccc(OC)cc1)c1ccc(OC)cc1. The van der Waals surface area contributed by atoms with Crippen molar-refractivity contribution in [1.29, 1.82) is 0 Å². The molecule has 0 saturated carbocycles. The van der Waals surface area contributed by atoms with E-state index in [0.717, 1.165) is 0 Å². The lowest BCUT2D eigenvalue weighted by Gasteiger charge is -2.32. The molecule has 9 heteroatoms. The minimum atomic E-state index is -0.906. The number of methoxy groups -OCH3 is 3. The molecule has 0 radical (unpaired) electrons. The average Bonchev–Trinajstić information content (AvgIpc) is 3.46. The minimum Gasteiger partial charge on any atom is -0.497 e. The second kappa shape index (κ2) is 12.4. The lowest BCUT2D eigenvalue weighted by molar-refractivity contribution is -0.140. The predicted octanol–water partition coefficient (Wildman–Crippen LogP) is 4.32. The maximum atomic E-state index is 13.9. The number of carbonyl (C=O) groups excluding carboxylic acids is 3. The number of furan rings is 1. The van der Waals surface area contributed by atoms with Gasteiger partial charge in [0.25, 0.3) is 5.91 Å². The Morgan fingerprint density at radius 2 is 1.44 bits per heavy atom. The Bertz CT molecular complexity index is 1140. The largest absolute Gasteiger partial charge is 0.497 e. The third kappa shape index (κ3) is 6.24. The van der Waals surface area contributed by atoms with Gasteiger partial charge in [0.05, 0.1) is 27.6 Å². The smallest absolute Gasteiger partial charge is 0.305 e. The van der Waals surface area contributed by atoms with E-state index < -0.39 is 11.9 Å². The Morgan fingerprint density at radius 3 is 1.94 bits per heavy atom. The Kier molecular flexibility index (Phi) is 9.10. The van der Waals surface area contributed by atoms with Gasteiger partial charge >= 0.3 is 5.97 Å². The average molecular weight is 495 g/mol. The summed E-state index contributed by atoms with van der Waals surface area (Å²) in [6, 6.07) is 16.1. The highest BCUT2D eigenvalue weighted by Crippen LogP contribution is 2.27. The van der Waals surface area contributed by atoms with Crippen molar-refractivity contribution >= 4 is 29.2 Å². The van der Waals surface area contributed by atoms with E-state index in [1.54, 1.807) is 86.7 Å². The molecule has 1 atom stereocenters. The first-order chi connectivity index (χ1) is 17.4. The van der Waals surface area contributed by atoms with Crippen molar-refractivity contribution in [1.82, 2.24) is 0 Å². The molecule has 0 spiro atoms. The summed E-state index contributed by atoms with van der Waals surface area (Å²) in [6.07, 6.45) is 1.94. The number of nitrogens with zero attached hydrogens (tertiary/aromatic N) is 2. The monoisotopic (exact) mass is 494 g/mol. The number of hydrogen-bond donors (Lipinski definition) is 0. The molecular formula is C27H30N2O7. The van der Waals surface area contributed by atoms with Crippen LogP contribution in [0.3, 0.4) is 0 Å². The molecular weight excluding hydrogens is 464 g/mol. The third-order valence-corrected chi connectivity index (χ3v) is 5.69. The van der Waals surface area contributed by atoms with Crippen molar-refractivity contribution in [3.63, 3.8) is 0 Å². The van der Waals surface area contributed by atoms with Gasteiger partial charge in [-0.2, -0.15) is 0 Å². The topological polar surface area (TPSA) is 98.5 Å². The third-order valence-electron chi connectivity index (χ3n) is 5.69. The molecule has 0 aliphatic heterocycles. The fourth-order valence-corrected chi connectivity index (χ4v) is 3.73. The number of ether oxygens (including phenoxy) is 3. The van der Waals surface area contributed by atoms with Crippen molar-refractivity contribution in [2.45, 2.75) is 25.8 Å². The van der Waals surface area contributed by atoms with E-state index in [4.69, 9.17) is 18.6 Å². The zero-order valence-corrected chi connectivity index (χ0v) is 20.8. The van der Waals surface area contributed by atoms with Crippen molar-refractivity contribution in [2.75, 3.05) is 37.7 Å². The van der Waals surface area contributed by atoms with Gasteiger partial charge in [-0.15, -0.1) is 0 Å². The number of esters is 1. The van der Waals surface area contributed by atoms with Gasteiger partial charge in [-0.05, 0) is 74.0 Å². The Morgan fingerprint density at radius 1 is 0.861 bits per heavy atom. The van der Waals surface area contributed by atoms with E-state index in [1.807, 2.05) is 0 Å². The van der Waals surface area contributed by atoms with Crippen LogP contribution in [0, 0.1) is 0 Å². The number of carbonyl (C=O) groups is 3. The van der Waals surface area contributed by atoms with Crippen LogP contribution in [0.15, 0.2) is 71.3 Å². The van der Waals surface area contributed by atoms with Crippen LogP contribution < -0.4 is 19.3 Å². The van der Waals surface area contributed by atoms with Crippen LogP contribution in [0.1, 0.15) is 30.3 Å². The summed E-state index contributed by atoms with van der Waals surface area (Å²) < 4.78 is 20.5. The molecule has 1 unspecified atom stereocenters. The van der Waals surface area contributed by atoms with Gasteiger partial charge in [-0.25, -0.2) is 0 Å². The van der Waals surface area contributed by atoms with E-state index in [9.17, 15) is 14.4 Å². The van der Waals surface area contributed by atoms with Gasteiger partial charge in [-0.1, -0.05) is 0 Å². The number of benzene rings is 2. The first kappa shape index (κ1) is 26.3. The molecule has 3 aromatic rings. The van der Waals surface area contributed by atoms with Crippen molar-refractivity contribution in [2.24, 2.45) is 0 Å². The van der Waals surface area contributed by atoms with E-state index in [2.05, 4.69) is 0 Å². The zero-order chi connectivity index (χ0) is 26.1. The van der Waals surface area contributed by atoms with Crippen LogP contribution in [0.25, 0.3) is 0 Å². The van der Waals surface area contributed by atoms with Gasteiger partial charge in [0.15, 0.2) is 5.76 Å². The zero-order valence-electron chi connectivity index (χ0n) is 20.8. The quantitative estimate of drug-likeness (QED) is 0.366. The first-order valence-corrected chi connectivity index (χ1v) is 11.4. The Balaban J connectivity index is 1.96. The second-order valence-electron chi connectivity index (χ2n) is 7.89. The normalized spacial score (nSPS) is 11.3. The van der Waals surface area contributed by atoms with Crippen LogP contribution in [0.4, 0.5) is 11.4 Å².